The highest BCUT2D eigenvalue weighted by Crippen LogP contribution is 2.22. The number of hydrogen-bond acceptors (Lipinski definition) is 2. The topological polar surface area (TPSA) is 54.6 Å². The number of imidazole rings is 1. The van der Waals surface area contributed by atoms with E-state index in [1.165, 1.54) is 0 Å². The number of carbonyl (C=O) groups is 1. The summed E-state index contributed by atoms with van der Waals surface area (Å²) in [6.45, 7) is 2.03. The van der Waals surface area contributed by atoms with E-state index < -0.39 is 5.97 Å². The summed E-state index contributed by atoms with van der Waals surface area (Å²) in [7, 11) is 0. The quantitative estimate of drug-likeness (QED) is 0.762. The lowest BCUT2D eigenvalue weighted by molar-refractivity contribution is 0.0697. The van der Waals surface area contributed by atoms with Gasteiger partial charge < -0.3 is 9.51 Å². The van der Waals surface area contributed by atoms with Crippen molar-refractivity contribution in [3.05, 3.63) is 59.9 Å². The van der Waals surface area contributed by atoms with Gasteiger partial charge in [-0.25, -0.2) is 9.78 Å². The fraction of sp³-hybridized carbons (Fsp3) is 0.0667. The molecule has 2 aromatic heterocycles. The number of rotatable bonds is 2. The van der Waals surface area contributed by atoms with Gasteiger partial charge in [0.1, 0.15) is 5.65 Å². The van der Waals surface area contributed by atoms with Crippen molar-refractivity contribution in [2.45, 2.75) is 6.92 Å². The molecule has 0 amide bonds. The van der Waals surface area contributed by atoms with Crippen LogP contribution in [0.4, 0.5) is 0 Å². The molecule has 3 aromatic rings. The van der Waals surface area contributed by atoms with Crippen molar-refractivity contribution in [3.8, 4) is 11.3 Å². The van der Waals surface area contributed by atoms with E-state index in [1.54, 1.807) is 18.3 Å². The SMILES string of the molecule is Cc1ccccc1-c1cn2ccc(C(=O)O)cc2n1. The third kappa shape index (κ3) is 1.97. The fourth-order valence-electron chi connectivity index (χ4n) is 2.10. The summed E-state index contributed by atoms with van der Waals surface area (Å²) in [5.74, 6) is -0.942. The summed E-state index contributed by atoms with van der Waals surface area (Å²) in [5.41, 5.74) is 3.93. The monoisotopic (exact) mass is 252 g/mol. The zero-order valence-corrected chi connectivity index (χ0v) is 10.4. The highest BCUT2D eigenvalue weighted by molar-refractivity contribution is 5.88. The molecule has 0 atom stereocenters. The van der Waals surface area contributed by atoms with Crippen molar-refractivity contribution < 1.29 is 9.90 Å². The lowest BCUT2D eigenvalue weighted by Crippen LogP contribution is -1.96. The first-order valence-electron chi connectivity index (χ1n) is 5.93. The van der Waals surface area contributed by atoms with Gasteiger partial charge in [0.15, 0.2) is 0 Å². The maximum absolute atomic E-state index is 10.9. The number of pyridine rings is 1. The number of aryl methyl sites for hydroxylation is 1. The van der Waals surface area contributed by atoms with Crippen LogP contribution >= 0.6 is 0 Å². The van der Waals surface area contributed by atoms with Gasteiger partial charge in [0.25, 0.3) is 0 Å². The van der Waals surface area contributed by atoms with Crippen molar-refractivity contribution in [1.29, 1.82) is 0 Å². The average molecular weight is 252 g/mol. The molecule has 0 radical (unpaired) electrons. The molecule has 0 unspecified atom stereocenters. The normalized spacial score (nSPS) is 10.8. The van der Waals surface area contributed by atoms with Gasteiger partial charge >= 0.3 is 5.97 Å². The van der Waals surface area contributed by atoms with E-state index in [9.17, 15) is 4.79 Å². The van der Waals surface area contributed by atoms with Gasteiger partial charge in [-0.3, -0.25) is 0 Å². The van der Waals surface area contributed by atoms with Crippen LogP contribution in [0.5, 0.6) is 0 Å². The zero-order valence-electron chi connectivity index (χ0n) is 10.4. The predicted molar refractivity (Wildman–Crippen MR) is 72.3 cm³/mol. The van der Waals surface area contributed by atoms with Crippen LogP contribution in [0, 0.1) is 6.92 Å². The van der Waals surface area contributed by atoms with Gasteiger partial charge in [0.05, 0.1) is 11.3 Å². The molecule has 0 aliphatic carbocycles. The highest BCUT2D eigenvalue weighted by Gasteiger charge is 2.09. The molecule has 0 spiro atoms. The Bertz CT molecular complexity index is 775. The Morgan fingerprint density at radius 3 is 2.79 bits per heavy atom. The summed E-state index contributed by atoms with van der Waals surface area (Å²) in [5, 5.41) is 8.98. The van der Waals surface area contributed by atoms with Gasteiger partial charge in [0.2, 0.25) is 0 Å². The molecule has 0 aliphatic heterocycles. The second kappa shape index (κ2) is 4.24. The van der Waals surface area contributed by atoms with Crippen LogP contribution in [0.1, 0.15) is 15.9 Å². The van der Waals surface area contributed by atoms with Gasteiger partial charge in [0, 0.05) is 18.0 Å². The van der Waals surface area contributed by atoms with Crippen LogP contribution in [0.15, 0.2) is 48.8 Å². The minimum Gasteiger partial charge on any atom is -0.478 e. The van der Waals surface area contributed by atoms with Crippen molar-refractivity contribution in [2.24, 2.45) is 0 Å². The summed E-state index contributed by atoms with van der Waals surface area (Å²) >= 11 is 0. The maximum Gasteiger partial charge on any atom is 0.335 e. The number of carboxylic acids is 1. The standard InChI is InChI=1S/C15H12N2O2/c1-10-4-2-3-5-12(10)13-9-17-7-6-11(15(18)19)8-14(17)16-13/h2-9H,1H3,(H,18,19). The number of aromatic carboxylic acids is 1. The minimum atomic E-state index is -0.942. The molecule has 4 nitrogen and oxygen atoms in total. The zero-order chi connectivity index (χ0) is 13.4. The maximum atomic E-state index is 10.9. The molecular formula is C15H12N2O2. The van der Waals surface area contributed by atoms with E-state index in [1.807, 2.05) is 41.8 Å². The number of nitrogens with zero attached hydrogens (tertiary/aromatic N) is 2. The number of benzene rings is 1. The smallest absolute Gasteiger partial charge is 0.335 e. The van der Waals surface area contributed by atoms with Crippen molar-refractivity contribution in [1.82, 2.24) is 9.38 Å². The molecule has 0 fully saturated rings. The van der Waals surface area contributed by atoms with Crippen LogP contribution in [0.3, 0.4) is 0 Å². The van der Waals surface area contributed by atoms with Crippen molar-refractivity contribution >= 4 is 11.6 Å². The van der Waals surface area contributed by atoms with Crippen LogP contribution in [-0.4, -0.2) is 20.5 Å². The second-order valence-electron chi connectivity index (χ2n) is 4.43. The Balaban J connectivity index is 2.17. The van der Waals surface area contributed by atoms with E-state index in [2.05, 4.69) is 4.98 Å². The third-order valence-corrected chi connectivity index (χ3v) is 3.13. The second-order valence-corrected chi connectivity index (χ2v) is 4.43. The van der Waals surface area contributed by atoms with Gasteiger partial charge in [-0.1, -0.05) is 24.3 Å². The lowest BCUT2D eigenvalue weighted by atomic mass is 10.1. The Kier molecular flexibility index (Phi) is 2.56. The summed E-state index contributed by atoms with van der Waals surface area (Å²) < 4.78 is 1.83. The number of carboxylic acid groups (broad SMARTS) is 1. The lowest BCUT2D eigenvalue weighted by Gasteiger charge is -1.99. The first-order valence-corrected chi connectivity index (χ1v) is 5.93. The minimum absolute atomic E-state index is 0.245. The summed E-state index contributed by atoms with van der Waals surface area (Å²) in [4.78, 5) is 15.4. The molecule has 1 aromatic carbocycles. The Labute approximate surface area is 110 Å². The first kappa shape index (κ1) is 11.5. The molecular weight excluding hydrogens is 240 g/mol. The first-order chi connectivity index (χ1) is 9.15. The molecule has 94 valence electrons. The Hall–Kier alpha value is -2.62. The Morgan fingerprint density at radius 2 is 2.05 bits per heavy atom. The summed E-state index contributed by atoms with van der Waals surface area (Å²) in [6, 6.07) is 11.1. The molecule has 0 bridgehead atoms. The fourth-order valence-corrected chi connectivity index (χ4v) is 2.10. The predicted octanol–water partition coefficient (Wildman–Crippen LogP) is 3.01. The average Bonchev–Trinajstić information content (AvgIpc) is 2.81. The van der Waals surface area contributed by atoms with Gasteiger partial charge in [-0.15, -0.1) is 0 Å². The molecule has 4 heteroatoms. The van der Waals surface area contributed by atoms with E-state index in [0.29, 0.717) is 5.65 Å². The van der Waals surface area contributed by atoms with Crippen molar-refractivity contribution in [2.75, 3.05) is 0 Å². The van der Waals surface area contributed by atoms with Crippen molar-refractivity contribution in [3.63, 3.8) is 0 Å². The molecule has 0 saturated carbocycles. The van der Waals surface area contributed by atoms with E-state index in [-0.39, 0.29) is 5.56 Å². The number of fused-ring (bicyclic) bond motifs is 1. The molecule has 1 N–H and O–H groups in total. The molecule has 0 saturated heterocycles. The largest absolute Gasteiger partial charge is 0.478 e. The van der Waals surface area contributed by atoms with Crippen LogP contribution in [0.2, 0.25) is 0 Å². The van der Waals surface area contributed by atoms with Crippen LogP contribution < -0.4 is 0 Å². The molecule has 3 rings (SSSR count). The molecule has 19 heavy (non-hydrogen) atoms. The van der Waals surface area contributed by atoms with Gasteiger partial charge in [-0.05, 0) is 24.6 Å². The van der Waals surface area contributed by atoms with Crippen LogP contribution in [-0.2, 0) is 0 Å². The van der Waals surface area contributed by atoms with Gasteiger partial charge in [-0.2, -0.15) is 0 Å². The number of aromatic nitrogens is 2. The van der Waals surface area contributed by atoms with E-state index in [4.69, 9.17) is 5.11 Å². The Morgan fingerprint density at radius 1 is 1.26 bits per heavy atom. The highest BCUT2D eigenvalue weighted by atomic mass is 16.4. The number of hydrogen-bond donors (Lipinski definition) is 1. The molecule has 2 heterocycles. The summed E-state index contributed by atoms with van der Waals surface area (Å²) in [6.07, 6.45) is 3.62. The van der Waals surface area contributed by atoms with E-state index in [0.717, 1.165) is 16.8 Å². The third-order valence-electron chi connectivity index (χ3n) is 3.13. The molecule has 0 aliphatic rings. The van der Waals surface area contributed by atoms with Crippen LogP contribution in [0.25, 0.3) is 16.9 Å². The van der Waals surface area contributed by atoms with E-state index >= 15 is 0 Å².